The van der Waals surface area contributed by atoms with Gasteiger partial charge in [0.15, 0.2) is 0 Å². The Hall–Kier alpha value is -3.37. The Morgan fingerprint density at radius 2 is 1.67 bits per heavy atom. The first-order valence-electron chi connectivity index (χ1n) is 14.0. The summed E-state index contributed by atoms with van der Waals surface area (Å²) in [6.07, 6.45) is 2.58. The first kappa shape index (κ1) is 33.1. The van der Waals surface area contributed by atoms with Gasteiger partial charge in [0.05, 0.1) is 19.1 Å². The molecule has 0 heterocycles. The third-order valence-corrected chi connectivity index (χ3v) is 8.69. The van der Waals surface area contributed by atoms with Crippen LogP contribution in [0.1, 0.15) is 44.2 Å². The van der Waals surface area contributed by atoms with Crippen molar-refractivity contribution in [2.75, 3.05) is 24.2 Å². The maximum Gasteiger partial charge on any atom is 0.243 e. The van der Waals surface area contributed by atoms with Gasteiger partial charge in [0, 0.05) is 42.5 Å². The van der Waals surface area contributed by atoms with Crippen LogP contribution in [0.15, 0.2) is 83.3 Å². The Morgan fingerprint density at radius 3 is 2.31 bits per heavy atom. The van der Waals surface area contributed by atoms with E-state index < -0.39 is 16.1 Å². The lowest BCUT2D eigenvalue weighted by Crippen LogP contribution is -2.52. The number of sulfonamides is 1. The highest BCUT2D eigenvalue weighted by molar-refractivity contribution is 9.10. The summed E-state index contributed by atoms with van der Waals surface area (Å²) in [6, 6.07) is 23.3. The van der Waals surface area contributed by atoms with Gasteiger partial charge in [-0.15, -0.1) is 0 Å². The molecule has 0 fully saturated rings. The van der Waals surface area contributed by atoms with Crippen LogP contribution in [0.3, 0.4) is 0 Å². The highest BCUT2D eigenvalue weighted by atomic mass is 79.9. The lowest BCUT2D eigenvalue weighted by atomic mass is 10.0. The summed E-state index contributed by atoms with van der Waals surface area (Å²) in [6.45, 7) is 4.27. The zero-order chi connectivity index (χ0) is 30.7. The molecule has 2 atom stereocenters. The highest BCUT2D eigenvalue weighted by Crippen LogP contribution is 2.24. The van der Waals surface area contributed by atoms with Crippen molar-refractivity contribution >= 4 is 43.5 Å². The van der Waals surface area contributed by atoms with E-state index in [1.54, 1.807) is 29.2 Å². The van der Waals surface area contributed by atoms with Gasteiger partial charge in [-0.25, -0.2) is 8.42 Å². The molecule has 0 bridgehead atoms. The summed E-state index contributed by atoms with van der Waals surface area (Å²) in [5, 5.41) is 3.07. The van der Waals surface area contributed by atoms with Crippen LogP contribution >= 0.6 is 15.9 Å². The minimum Gasteiger partial charge on any atom is -0.497 e. The van der Waals surface area contributed by atoms with Crippen molar-refractivity contribution in [2.45, 2.75) is 58.2 Å². The van der Waals surface area contributed by atoms with Crippen molar-refractivity contribution in [1.29, 1.82) is 0 Å². The minimum absolute atomic E-state index is 0.0511. The summed E-state index contributed by atoms with van der Waals surface area (Å²) < 4.78 is 32.8. The van der Waals surface area contributed by atoms with Crippen molar-refractivity contribution in [1.82, 2.24) is 10.2 Å². The number of carbonyl (C=O) groups is 2. The predicted molar refractivity (Wildman–Crippen MR) is 171 cm³/mol. The molecule has 2 amide bonds. The third-order valence-electron chi connectivity index (χ3n) is 7.01. The van der Waals surface area contributed by atoms with Crippen LogP contribution in [0.25, 0.3) is 0 Å². The number of anilines is 1. The van der Waals surface area contributed by atoms with Crippen LogP contribution in [0.5, 0.6) is 5.75 Å². The first-order valence-corrected chi connectivity index (χ1v) is 16.7. The number of benzene rings is 3. The fourth-order valence-corrected chi connectivity index (χ4v) is 6.00. The molecule has 10 heteroatoms. The van der Waals surface area contributed by atoms with E-state index in [0.717, 1.165) is 28.3 Å². The standard InChI is InChI=1S/C32H40BrN3O5S/c1-5-24(2)34-32(38)30(21-25-12-7-6-8-13-25)35(23-26-14-9-15-27(33)20-26)31(37)18-11-19-36(42(4,39)40)28-16-10-17-29(22-28)41-3/h6-10,12-17,20,22,24,30H,5,11,18-19,21,23H2,1-4H3,(H,34,38)/t24-,30+/m0/s1. The number of ether oxygens (including phenoxy) is 1. The van der Waals surface area contributed by atoms with Crippen LogP contribution in [0.4, 0.5) is 5.69 Å². The smallest absolute Gasteiger partial charge is 0.243 e. The summed E-state index contributed by atoms with van der Waals surface area (Å²) >= 11 is 3.51. The number of hydrogen-bond donors (Lipinski definition) is 1. The molecule has 8 nitrogen and oxygen atoms in total. The number of methoxy groups -OCH3 is 1. The molecule has 3 aromatic carbocycles. The zero-order valence-corrected chi connectivity index (χ0v) is 27.0. The van der Waals surface area contributed by atoms with Crippen LogP contribution in [-0.2, 0) is 32.6 Å². The molecule has 0 unspecified atom stereocenters. The Balaban J connectivity index is 1.89. The van der Waals surface area contributed by atoms with E-state index in [0.29, 0.717) is 17.9 Å². The molecule has 0 saturated heterocycles. The number of carbonyl (C=O) groups excluding carboxylic acids is 2. The summed E-state index contributed by atoms with van der Waals surface area (Å²) in [5.74, 6) is 0.0912. The molecule has 0 radical (unpaired) electrons. The van der Waals surface area contributed by atoms with E-state index >= 15 is 0 Å². The van der Waals surface area contributed by atoms with Crippen LogP contribution in [-0.4, -0.2) is 57.1 Å². The second-order valence-electron chi connectivity index (χ2n) is 10.3. The van der Waals surface area contributed by atoms with Gasteiger partial charge in [0.25, 0.3) is 0 Å². The molecule has 226 valence electrons. The van der Waals surface area contributed by atoms with Gasteiger partial charge in [-0.2, -0.15) is 0 Å². The molecule has 0 aliphatic rings. The molecule has 0 aliphatic carbocycles. The molecule has 0 spiro atoms. The number of amides is 2. The second-order valence-corrected chi connectivity index (χ2v) is 13.1. The molecular weight excluding hydrogens is 618 g/mol. The van der Waals surface area contributed by atoms with Gasteiger partial charge < -0.3 is 15.0 Å². The quantitative estimate of drug-likeness (QED) is 0.231. The van der Waals surface area contributed by atoms with E-state index in [1.807, 2.05) is 68.4 Å². The number of halogens is 1. The van der Waals surface area contributed by atoms with Crippen LogP contribution in [0, 0.1) is 0 Å². The maximum absolute atomic E-state index is 13.9. The summed E-state index contributed by atoms with van der Waals surface area (Å²) in [4.78, 5) is 29.2. The van der Waals surface area contributed by atoms with Crippen molar-refractivity contribution in [3.05, 3.63) is 94.5 Å². The van der Waals surface area contributed by atoms with Crippen LogP contribution < -0.4 is 14.4 Å². The fraction of sp³-hybridized carbons (Fsp3) is 0.375. The van der Waals surface area contributed by atoms with Crippen molar-refractivity contribution in [3.63, 3.8) is 0 Å². The number of nitrogens with one attached hydrogen (secondary N) is 1. The molecule has 3 aromatic rings. The average molecular weight is 659 g/mol. The van der Waals surface area contributed by atoms with Gasteiger partial charge in [-0.05, 0) is 55.2 Å². The van der Waals surface area contributed by atoms with E-state index in [-0.39, 0.29) is 43.8 Å². The Bertz CT molecular complexity index is 1430. The Morgan fingerprint density at radius 1 is 0.976 bits per heavy atom. The monoisotopic (exact) mass is 657 g/mol. The van der Waals surface area contributed by atoms with Gasteiger partial charge in [-0.1, -0.05) is 71.4 Å². The Labute approximate surface area is 258 Å². The zero-order valence-electron chi connectivity index (χ0n) is 24.6. The highest BCUT2D eigenvalue weighted by Gasteiger charge is 2.31. The van der Waals surface area contributed by atoms with Gasteiger partial charge >= 0.3 is 0 Å². The number of nitrogens with zero attached hydrogens (tertiary/aromatic N) is 2. The molecule has 1 N–H and O–H groups in total. The molecule has 42 heavy (non-hydrogen) atoms. The maximum atomic E-state index is 13.9. The van der Waals surface area contributed by atoms with Gasteiger partial charge in [0.2, 0.25) is 21.8 Å². The second kappa shape index (κ2) is 15.7. The first-order chi connectivity index (χ1) is 20.0. The lowest BCUT2D eigenvalue weighted by molar-refractivity contribution is -0.141. The SMILES string of the molecule is CC[C@H](C)NC(=O)[C@@H](Cc1ccccc1)N(Cc1cccc(Br)c1)C(=O)CCCN(c1cccc(OC)c1)S(C)(=O)=O. The van der Waals surface area contributed by atoms with Gasteiger partial charge in [-0.3, -0.25) is 13.9 Å². The third kappa shape index (κ3) is 9.87. The van der Waals surface area contributed by atoms with Gasteiger partial charge in [0.1, 0.15) is 11.8 Å². The molecular formula is C32H40BrN3O5S. The molecule has 3 rings (SSSR count). The van der Waals surface area contributed by atoms with E-state index in [1.165, 1.54) is 11.4 Å². The van der Waals surface area contributed by atoms with E-state index in [9.17, 15) is 18.0 Å². The number of hydrogen-bond acceptors (Lipinski definition) is 5. The topological polar surface area (TPSA) is 96.0 Å². The largest absolute Gasteiger partial charge is 0.497 e. The molecule has 0 aliphatic heterocycles. The summed E-state index contributed by atoms with van der Waals surface area (Å²) in [7, 11) is -2.10. The van der Waals surface area contributed by atoms with E-state index in [4.69, 9.17) is 4.74 Å². The fourth-order valence-electron chi connectivity index (χ4n) is 4.60. The molecule has 0 saturated carbocycles. The Kier molecular flexibility index (Phi) is 12.4. The van der Waals surface area contributed by atoms with Crippen molar-refractivity contribution < 1.29 is 22.7 Å². The minimum atomic E-state index is -3.62. The summed E-state index contributed by atoms with van der Waals surface area (Å²) in [5.41, 5.74) is 2.28. The average Bonchev–Trinajstić information content (AvgIpc) is 2.96. The van der Waals surface area contributed by atoms with Crippen LogP contribution in [0.2, 0.25) is 0 Å². The van der Waals surface area contributed by atoms with Crippen molar-refractivity contribution in [3.8, 4) is 5.75 Å². The van der Waals surface area contributed by atoms with Crippen molar-refractivity contribution in [2.24, 2.45) is 0 Å². The lowest BCUT2D eigenvalue weighted by Gasteiger charge is -2.32. The normalized spacial score (nSPS) is 12.7. The van der Waals surface area contributed by atoms with E-state index in [2.05, 4.69) is 21.2 Å². The molecule has 0 aromatic heterocycles. The predicted octanol–water partition coefficient (Wildman–Crippen LogP) is 5.56. The number of rotatable bonds is 15.